The summed E-state index contributed by atoms with van der Waals surface area (Å²) in [5.74, 6) is -1.79. The lowest BCUT2D eigenvalue weighted by Gasteiger charge is -2.12. The number of sulfone groups is 1. The number of carboxylic acids is 1. The predicted octanol–water partition coefficient (Wildman–Crippen LogP) is 2.91. The van der Waals surface area contributed by atoms with Crippen LogP contribution in [0.4, 0.5) is 0 Å². The molecule has 2 aromatic carbocycles. The molecule has 5 nitrogen and oxygen atoms in total. The minimum Gasteiger partial charge on any atom is -0.481 e. The molecule has 0 saturated heterocycles. The molecule has 1 saturated carbocycles. The van der Waals surface area contributed by atoms with Crippen molar-refractivity contribution in [1.29, 1.82) is 0 Å². The van der Waals surface area contributed by atoms with E-state index in [1.54, 1.807) is 18.2 Å². The number of carbonyl (C=O) groups is 1. The first-order valence-corrected chi connectivity index (χ1v) is 10.0. The van der Waals surface area contributed by atoms with Crippen molar-refractivity contribution >= 4 is 15.8 Å². The van der Waals surface area contributed by atoms with E-state index in [1.807, 2.05) is 31.2 Å². The first-order chi connectivity index (χ1) is 12.4. The summed E-state index contributed by atoms with van der Waals surface area (Å²) in [4.78, 5) is 12.3. The summed E-state index contributed by atoms with van der Waals surface area (Å²) in [6, 6.07) is 15.5. The van der Waals surface area contributed by atoms with Crippen LogP contribution in [0.2, 0.25) is 0 Å². The summed E-state index contributed by atoms with van der Waals surface area (Å²) >= 11 is 0. The van der Waals surface area contributed by atoms with Gasteiger partial charge in [0.1, 0.15) is 5.41 Å². The molecule has 138 valence electrons. The second-order valence-corrected chi connectivity index (χ2v) is 8.70. The third-order valence-electron chi connectivity index (χ3n) is 5.19. The SMILES string of the molecule is CCc1ccc([C@@H]2[C@@H](S(=O)(=O)c3ccccc3)[C@]2(COC)C(=O)O)cc1. The Morgan fingerprint density at radius 1 is 1.12 bits per heavy atom. The molecule has 26 heavy (non-hydrogen) atoms. The average molecular weight is 374 g/mol. The maximum atomic E-state index is 13.2. The van der Waals surface area contributed by atoms with Crippen LogP contribution in [0, 0.1) is 5.41 Å². The first kappa shape index (κ1) is 18.6. The van der Waals surface area contributed by atoms with E-state index in [-0.39, 0.29) is 11.5 Å². The number of rotatable bonds is 7. The Hall–Kier alpha value is -2.18. The van der Waals surface area contributed by atoms with Gasteiger partial charge in [-0.05, 0) is 29.7 Å². The van der Waals surface area contributed by atoms with Crippen LogP contribution in [0.25, 0.3) is 0 Å². The van der Waals surface area contributed by atoms with E-state index in [0.29, 0.717) is 5.56 Å². The number of aryl methyl sites for hydroxylation is 1. The predicted molar refractivity (Wildman–Crippen MR) is 97.9 cm³/mol. The Balaban J connectivity index is 2.09. The lowest BCUT2D eigenvalue weighted by molar-refractivity contribution is -0.145. The van der Waals surface area contributed by atoms with Gasteiger partial charge in [0.25, 0.3) is 0 Å². The van der Waals surface area contributed by atoms with E-state index in [9.17, 15) is 18.3 Å². The molecule has 2 aromatic rings. The smallest absolute Gasteiger partial charge is 0.314 e. The Bertz CT molecular complexity index is 890. The van der Waals surface area contributed by atoms with Crippen molar-refractivity contribution in [3.8, 4) is 0 Å². The second-order valence-electron chi connectivity index (χ2n) is 6.63. The van der Waals surface area contributed by atoms with Crippen molar-refractivity contribution in [2.75, 3.05) is 13.7 Å². The molecular weight excluding hydrogens is 352 g/mol. The number of hydrogen-bond donors (Lipinski definition) is 1. The summed E-state index contributed by atoms with van der Waals surface area (Å²) in [5, 5.41) is 8.85. The Labute approximate surface area is 153 Å². The highest BCUT2D eigenvalue weighted by Crippen LogP contribution is 2.64. The fourth-order valence-electron chi connectivity index (χ4n) is 3.78. The van der Waals surface area contributed by atoms with E-state index in [1.165, 1.54) is 19.2 Å². The molecule has 0 spiro atoms. The molecule has 0 unspecified atom stereocenters. The van der Waals surface area contributed by atoms with E-state index in [4.69, 9.17) is 4.74 Å². The minimum atomic E-state index is -3.81. The molecule has 0 amide bonds. The summed E-state index contributed by atoms with van der Waals surface area (Å²) in [5.41, 5.74) is 0.354. The molecule has 1 aliphatic carbocycles. The number of carboxylic acid groups (broad SMARTS) is 1. The van der Waals surface area contributed by atoms with E-state index >= 15 is 0 Å². The summed E-state index contributed by atoms with van der Waals surface area (Å²) in [6.45, 7) is 1.88. The van der Waals surface area contributed by atoms with Crippen LogP contribution in [-0.2, 0) is 25.8 Å². The molecule has 0 bridgehead atoms. The molecule has 0 aromatic heterocycles. The zero-order valence-electron chi connectivity index (χ0n) is 14.8. The quantitative estimate of drug-likeness (QED) is 0.806. The topological polar surface area (TPSA) is 80.7 Å². The monoisotopic (exact) mass is 374 g/mol. The van der Waals surface area contributed by atoms with E-state index in [2.05, 4.69) is 0 Å². The summed E-state index contributed by atoms with van der Waals surface area (Å²) in [7, 11) is -2.42. The third kappa shape index (κ3) is 2.83. The maximum absolute atomic E-state index is 13.2. The van der Waals surface area contributed by atoms with Crippen LogP contribution >= 0.6 is 0 Å². The lowest BCUT2D eigenvalue weighted by Crippen LogP contribution is -2.28. The molecular formula is C20H22O5S. The van der Waals surface area contributed by atoms with Gasteiger partial charge >= 0.3 is 5.97 Å². The standard InChI is InChI=1S/C20H22O5S/c1-3-14-9-11-15(12-10-14)17-18(20(17,13-25-2)19(21)22)26(23,24)16-7-5-4-6-8-16/h4-12,17-18H,3,13H2,1-2H3,(H,21,22)/t17-,18-,20-/m1/s1. The summed E-state index contributed by atoms with van der Waals surface area (Å²) in [6.07, 6.45) is 0.860. The van der Waals surface area contributed by atoms with Crippen molar-refractivity contribution in [3.05, 3.63) is 65.7 Å². The van der Waals surface area contributed by atoms with Crippen molar-refractivity contribution in [3.63, 3.8) is 0 Å². The normalized spacial score (nSPS) is 25.0. The van der Waals surface area contributed by atoms with Gasteiger partial charge in [-0.3, -0.25) is 4.79 Å². The molecule has 0 radical (unpaired) electrons. The first-order valence-electron chi connectivity index (χ1n) is 8.49. The highest BCUT2D eigenvalue weighted by Gasteiger charge is 2.76. The Morgan fingerprint density at radius 3 is 2.23 bits per heavy atom. The largest absolute Gasteiger partial charge is 0.481 e. The summed E-state index contributed by atoms with van der Waals surface area (Å²) < 4.78 is 31.5. The van der Waals surface area contributed by atoms with Crippen molar-refractivity contribution in [2.24, 2.45) is 5.41 Å². The van der Waals surface area contributed by atoms with Gasteiger partial charge in [-0.15, -0.1) is 0 Å². The second kappa shape index (κ2) is 6.85. The molecule has 0 heterocycles. The van der Waals surface area contributed by atoms with Gasteiger partial charge in [0, 0.05) is 13.0 Å². The number of hydrogen-bond acceptors (Lipinski definition) is 4. The van der Waals surface area contributed by atoms with E-state index < -0.39 is 32.4 Å². The van der Waals surface area contributed by atoms with Gasteiger partial charge in [0.05, 0.1) is 16.8 Å². The number of aliphatic carboxylic acids is 1. The van der Waals surface area contributed by atoms with Crippen LogP contribution in [0.3, 0.4) is 0 Å². The van der Waals surface area contributed by atoms with Crippen molar-refractivity contribution in [2.45, 2.75) is 29.4 Å². The maximum Gasteiger partial charge on any atom is 0.314 e. The number of methoxy groups -OCH3 is 1. The molecule has 6 heteroatoms. The van der Waals surface area contributed by atoms with Crippen molar-refractivity contribution in [1.82, 2.24) is 0 Å². The minimum absolute atomic E-state index is 0.138. The highest BCUT2D eigenvalue weighted by atomic mass is 32.2. The van der Waals surface area contributed by atoms with Crippen LogP contribution in [0.5, 0.6) is 0 Å². The van der Waals surface area contributed by atoms with Crippen LogP contribution < -0.4 is 0 Å². The lowest BCUT2D eigenvalue weighted by atomic mass is 9.99. The molecule has 0 aliphatic heterocycles. The Morgan fingerprint density at radius 2 is 1.73 bits per heavy atom. The molecule has 1 N–H and O–H groups in total. The number of benzene rings is 2. The average Bonchev–Trinajstić information content (AvgIpc) is 3.34. The zero-order valence-corrected chi connectivity index (χ0v) is 15.6. The van der Waals surface area contributed by atoms with Crippen LogP contribution in [0.1, 0.15) is 24.0 Å². The van der Waals surface area contributed by atoms with Gasteiger partial charge in [0.15, 0.2) is 9.84 Å². The van der Waals surface area contributed by atoms with Gasteiger partial charge < -0.3 is 9.84 Å². The molecule has 1 fully saturated rings. The third-order valence-corrected chi connectivity index (χ3v) is 7.48. The van der Waals surface area contributed by atoms with Crippen molar-refractivity contribution < 1.29 is 23.1 Å². The number of ether oxygens (including phenoxy) is 1. The molecule has 1 aliphatic rings. The van der Waals surface area contributed by atoms with Gasteiger partial charge in [-0.25, -0.2) is 8.42 Å². The Kier molecular flexibility index (Phi) is 4.90. The van der Waals surface area contributed by atoms with Gasteiger partial charge in [-0.1, -0.05) is 49.4 Å². The fraction of sp³-hybridized carbons (Fsp3) is 0.350. The van der Waals surface area contributed by atoms with Gasteiger partial charge in [0.2, 0.25) is 0 Å². The van der Waals surface area contributed by atoms with Crippen LogP contribution in [0.15, 0.2) is 59.5 Å². The van der Waals surface area contributed by atoms with E-state index in [0.717, 1.165) is 12.0 Å². The molecule has 3 rings (SSSR count). The molecule has 3 atom stereocenters. The zero-order chi connectivity index (χ0) is 18.9. The van der Waals surface area contributed by atoms with Crippen LogP contribution in [-0.4, -0.2) is 38.5 Å². The highest BCUT2D eigenvalue weighted by molar-refractivity contribution is 7.92. The van der Waals surface area contributed by atoms with Gasteiger partial charge in [-0.2, -0.15) is 0 Å². The fourth-order valence-corrected chi connectivity index (χ4v) is 6.16.